The summed E-state index contributed by atoms with van der Waals surface area (Å²) in [6.45, 7) is 6.35. The van der Waals surface area contributed by atoms with E-state index in [-0.39, 0.29) is 5.91 Å². The largest absolute Gasteiger partial charge is 0.382 e. The van der Waals surface area contributed by atoms with E-state index in [1.165, 1.54) is 0 Å². The molecule has 0 aliphatic rings. The quantitative estimate of drug-likeness (QED) is 0.594. The number of nitrogens with one attached hydrogen (secondary N) is 1. The molecule has 14 heavy (non-hydrogen) atoms. The standard InChI is InChI=1S/C10H21NO3/c1-9(2)8-10(12)11-4-5-14-7-6-13-3/h9H,4-8H2,1-3H3,(H,11,12). The molecule has 0 aliphatic carbocycles. The van der Waals surface area contributed by atoms with Gasteiger partial charge < -0.3 is 14.8 Å². The van der Waals surface area contributed by atoms with Gasteiger partial charge in [0.2, 0.25) is 5.91 Å². The van der Waals surface area contributed by atoms with Crippen molar-refractivity contribution in [1.82, 2.24) is 5.32 Å². The number of ether oxygens (including phenoxy) is 2. The summed E-state index contributed by atoms with van der Waals surface area (Å²) >= 11 is 0. The molecule has 4 heteroatoms. The van der Waals surface area contributed by atoms with Crippen molar-refractivity contribution < 1.29 is 14.3 Å². The van der Waals surface area contributed by atoms with Crippen LogP contribution in [-0.2, 0) is 14.3 Å². The van der Waals surface area contributed by atoms with Gasteiger partial charge in [0.15, 0.2) is 0 Å². The number of carbonyl (C=O) groups excluding carboxylic acids is 1. The van der Waals surface area contributed by atoms with Crippen LogP contribution in [0.15, 0.2) is 0 Å². The molecule has 0 fully saturated rings. The number of methoxy groups -OCH3 is 1. The molecule has 1 amide bonds. The van der Waals surface area contributed by atoms with Crippen molar-refractivity contribution in [2.24, 2.45) is 5.92 Å². The van der Waals surface area contributed by atoms with Gasteiger partial charge in [0.1, 0.15) is 0 Å². The molecule has 4 nitrogen and oxygen atoms in total. The SMILES string of the molecule is COCCOCCNC(=O)CC(C)C. The molecule has 0 rings (SSSR count). The molecule has 0 bridgehead atoms. The number of amides is 1. The van der Waals surface area contributed by atoms with Crippen molar-refractivity contribution in [2.45, 2.75) is 20.3 Å². The minimum absolute atomic E-state index is 0.0929. The second-order valence-corrected chi connectivity index (χ2v) is 3.55. The summed E-state index contributed by atoms with van der Waals surface area (Å²) < 4.78 is 10.00. The monoisotopic (exact) mass is 203 g/mol. The lowest BCUT2D eigenvalue weighted by molar-refractivity contribution is -0.122. The molecule has 0 spiro atoms. The predicted molar refractivity (Wildman–Crippen MR) is 55.2 cm³/mol. The summed E-state index contributed by atoms with van der Waals surface area (Å²) in [6, 6.07) is 0. The molecule has 0 aromatic heterocycles. The van der Waals surface area contributed by atoms with Crippen molar-refractivity contribution >= 4 is 5.91 Å². The van der Waals surface area contributed by atoms with Gasteiger partial charge in [-0.15, -0.1) is 0 Å². The van der Waals surface area contributed by atoms with Crippen LogP contribution in [0.3, 0.4) is 0 Å². The third kappa shape index (κ3) is 9.48. The Hall–Kier alpha value is -0.610. The van der Waals surface area contributed by atoms with Crippen LogP contribution in [0.5, 0.6) is 0 Å². The number of hydrogen-bond acceptors (Lipinski definition) is 3. The predicted octanol–water partition coefficient (Wildman–Crippen LogP) is 0.812. The molecular formula is C10H21NO3. The zero-order chi connectivity index (χ0) is 10.8. The highest BCUT2D eigenvalue weighted by atomic mass is 16.5. The van der Waals surface area contributed by atoms with E-state index in [0.29, 0.717) is 38.7 Å². The van der Waals surface area contributed by atoms with Gasteiger partial charge in [-0.05, 0) is 5.92 Å². The summed E-state index contributed by atoms with van der Waals surface area (Å²) in [4.78, 5) is 11.2. The minimum atomic E-state index is 0.0929. The summed E-state index contributed by atoms with van der Waals surface area (Å²) in [5.74, 6) is 0.500. The summed E-state index contributed by atoms with van der Waals surface area (Å²) in [5.41, 5.74) is 0. The molecule has 0 atom stereocenters. The molecule has 0 heterocycles. The lowest BCUT2D eigenvalue weighted by atomic mass is 10.1. The summed E-state index contributed by atoms with van der Waals surface area (Å²) in [6.07, 6.45) is 0.581. The Balaban J connectivity index is 3.15. The number of carbonyl (C=O) groups is 1. The van der Waals surface area contributed by atoms with Crippen LogP contribution in [0.1, 0.15) is 20.3 Å². The molecule has 0 aromatic rings. The molecule has 0 saturated heterocycles. The fourth-order valence-electron chi connectivity index (χ4n) is 0.950. The Morgan fingerprint density at radius 2 is 2.00 bits per heavy atom. The topological polar surface area (TPSA) is 47.6 Å². The van der Waals surface area contributed by atoms with Crippen molar-refractivity contribution in [1.29, 1.82) is 0 Å². The normalized spacial score (nSPS) is 10.6. The highest BCUT2D eigenvalue weighted by Crippen LogP contribution is 1.97. The molecule has 84 valence electrons. The zero-order valence-electron chi connectivity index (χ0n) is 9.34. The van der Waals surface area contributed by atoms with Gasteiger partial charge in [-0.2, -0.15) is 0 Å². The molecule has 1 N–H and O–H groups in total. The fraction of sp³-hybridized carbons (Fsp3) is 0.900. The molecule has 0 aromatic carbocycles. The van der Waals surface area contributed by atoms with Crippen molar-refractivity contribution in [3.63, 3.8) is 0 Å². The van der Waals surface area contributed by atoms with Crippen LogP contribution < -0.4 is 5.32 Å². The summed E-state index contributed by atoms with van der Waals surface area (Å²) in [5, 5.41) is 2.79. The van der Waals surface area contributed by atoms with Gasteiger partial charge in [0.05, 0.1) is 19.8 Å². The van der Waals surface area contributed by atoms with Crippen molar-refractivity contribution in [2.75, 3.05) is 33.5 Å². The van der Waals surface area contributed by atoms with E-state index in [4.69, 9.17) is 9.47 Å². The lowest BCUT2D eigenvalue weighted by Crippen LogP contribution is -2.28. The second-order valence-electron chi connectivity index (χ2n) is 3.55. The third-order valence-electron chi connectivity index (χ3n) is 1.59. The number of rotatable bonds is 8. The highest BCUT2D eigenvalue weighted by Gasteiger charge is 2.02. The smallest absolute Gasteiger partial charge is 0.220 e. The van der Waals surface area contributed by atoms with Gasteiger partial charge in [0.25, 0.3) is 0 Å². The molecule has 0 radical (unpaired) electrons. The first-order valence-electron chi connectivity index (χ1n) is 5.00. The van der Waals surface area contributed by atoms with Gasteiger partial charge in [0, 0.05) is 20.1 Å². The lowest BCUT2D eigenvalue weighted by Gasteiger charge is -2.07. The first-order valence-corrected chi connectivity index (χ1v) is 5.00. The van der Waals surface area contributed by atoms with E-state index >= 15 is 0 Å². The van der Waals surface area contributed by atoms with E-state index in [2.05, 4.69) is 5.32 Å². The second kappa shape index (κ2) is 8.97. The van der Waals surface area contributed by atoms with E-state index < -0.39 is 0 Å². The van der Waals surface area contributed by atoms with Crippen molar-refractivity contribution in [3.8, 4) is 0 Å². The maximum Gasteiger partial charge on any atom is 0.220 e. The maximum absolute atomic E-state index is 11.2. The first kappa shape index (κ1) is 13.4. The van der Waals surface area contributed by atoms with Crippen molar-refractivity contribution in [3.05, 3.63) is 0 Å². The van der Waals surface area contributed by atoms with Gasteiger partial charge in [-0.1, -0.05) is 13.8 Å². The van der Waals surface area contributed by atoms with Gasteiger partial charge in [-0.3, -0.25) is 4.79 Å². The third-order valence-corrected chi connectivity index (χ3v) is 1.59. The summed E-state index contributed by atoms with van der Waals surface area (Å²) in [7, 11) is 1.63. The molecule has 0 aliphatic heterocycles. The number of hydrogen-bond donors (Lipinski definition) is 1. The van der Waals surface area contributed by atoms with E-state index in [1.54, 1.807) is 7.11 Å². The Kier molecular flexibility index (Phi) is 8.57. The van der Waals surface area contributed by atoms with E-state index in [0.717, 1.165) is 0 Å². The average molecular weight is 203 g/mol. The Bertz CT molecular complexity index is 148. The Morgan fingerprint density at radius 3 is 2.57 bits per heavy atom. The molecular weight excluding hydrogens is 182 g/mol. The minimum Gasteiger partial charge on any atom is -0.382 e. The van der Waals surface area contributed by atoms with Crippen LogP contribution >= 0.6 is 0 Å². The maximum atomic E-state index is 11.2. The Labute approximate surface area is 86.0 Å². The molecule has 0 unspecified atom stereocenters. The first-order chi connectivity index (χ1) is 6.66. The van der Waals surface area contributed by atoms with Gasteiger partial charge in [-0.25, -0.2) is 0 Å². The van der Waals surface area contributed by atoms with Crippen LogP contribution in [0.2, 0.25) is 0 Å². The van der Waals surface area contributed by atoms with Crippen LogP contribution in [0.4, 0.5) is 0 Å². The zero-order valence-corrected chi connectivity index (χ0v) is 9.34. The Morgan fingerprint density at radius 1 is 1.29 bits per heavy atom. The average Bonchev–Trinajstić information content (AvgIpc) is 2.10. The van der Waals surface area contributed by atoms with Crippen LogP contribution in [0, 0.1) is 5.92 Å². The fourth-order valence-corrected chi connectivity index (χ4v) is 0.950. The van der Waals surface area contributed by atoms with E-state index in [9.17, 15) is 4.79 Å². The van der Waals surface area contributed by atoms with Crippen LogP contribution in [-0.4, -0.2) is 39.4 Å². The van der Waals surface area contributed by atoms with E-state index in [1.807, 2.05) is 13.8 Å². The highest BCUT2D eigenvalue weighted by molar-refractivity contribution is 5.75. The van der Waals surface area contributed by atoms with Crippen LogP contribution in [0.25, 0.3) is 0 Å². The van der Waals surface area contributed by atoms with Gasteiger partial charge >= 0.3 is 0 Å². The molecule has 0 saturated carbocycles.